The molecule has 4 atom stereocenters. The molecule has 2 saturated heterocycles. The van der Waals surface area contributed by atoms with Crippen molar-refractivity contribution < 1.29 is 26.8 Å². The third-order valence-electron chi connectivity index (χ3n) is 2.99. The average molecular weight is 279 g/mol. The van der Waals surface area contributed by atoms with Crippen LogP contribution in [-0.4, -0.2) is 59.0 Å². The van der Waals surface area contributed by atoms with Crippen molar-refractivity contribution in [2.75, 3.05) is 26.6 Å². The molecular weight excluding hydrogens is 266 g/mol. The molecule has 0 spiro atoms. The predicted octanol–water partition coefficient (Wildman–Crippen LogP) is -0.218. The molecule has 2 fully saturated rings. The number of hydrogen-bond acceptors (Lipinski definition) is 7. The standard InChI is InChI=1S/C8H13N3O6S/c1-14-7-6-8(10-11-9,4-16-18(2,12)13)5(17-7)3-15-6/h5-7H,3-4H2,1-2H3/t5-,6-,7-,8+/m0/s1. The normalized spacial score (nSPS) is 38.7. The number of nitrogens with zero attached hydrogens (tertiary/aromatic N) is 3. The minimum absolute atomic E-state index is 0.205. The first kappa shape index (κ1) is 13.5. The molecule has 2 heterocycles. The summed E-state index contributed by atoms with van der Waals surface area (Å²) in [6.07, 6.45) is -1.03. The Labute approximate surface area is 104 Å². The van der Waals surface area contributed by atoms with Gasteiger partial charge in [-0.15, -0.1) is 0 Å². The van der Waals surface area contributed by atoms with E-state index in [2.05, 4.69) is 10.0 Å². The summed E-state index contributed by atoms with van der Waals surface area (Å²) in [6.45, 7) is -0.123. The second-order valence-electron chi connectivity index (χ2n) is 4.13. The zero-order chi connectivity index (χ0) is 13.4. The van der Waals surface area contributed by atoms with Crippen LogP contribution in [0.15, 0.2) is 5.11 Å². The van der Waals surface area contributed by atoms with Crippen LogP contribution >= 0.6 is 0 Å². The summed E-state index contributed by atoms with van der Waals surface area (Å²) in [5.41, 5.74) is 7.44. The molecule has 0 amide bonds. The van der Waals surface area contributed by atoms with Gasteiger partial charge in [0.2, 0.25) is 0 Å². The van der Waals surface area contributed by atoms with Crippen LogP contribution in [0.25, 0.3) is 10.4 Å². The number of ether oxygens (including phenoxy) is 3. The molecule has 2 aliphatic rings. The highest BCUT2D eigenvalue weighted by Crippen LogP contribution is 2.43. The van der Waals surface area contributed by atoms with E-state index in [0.29, 0.717) is 0 Å². The molecule has 0 aliphatic carbocycles. The minimum Gasteiger partial charge on any atom is -0.369 e. The highest BCUT2D eigenvalue weighted by Gasteiger charge is 2.63. The van der Waals surface area contributed by atoms with E-state index in [1.807, 2.05) is 0 Å². The third-order valence-corrected chi connectivity index (χ3v) is 3.54. The van der Waals surface area contributed by atoms with Crippen molar-refractivity contribution in [3.63, 3.8) is 0 Å². The van der Waals surface area contributed by atoms with Crippen molar-refractivity contribution in [1.82, 2.24) is 0 Å². The van der Waals surface area contributed by atoms with Gasteiger partial charge in [-0.05, 0) is 5.53 Å². The molecule has 2 bridgehead atoms. The van der Waals surface area contributed by atoms with Crippen LogP contribution in [0.3, 0.4) is 0 Å². The van der Waals surface area contributed by atoms with E-state index in [1.54, 1.807) is 0 Å². The molecule has 2 aliphatic heterocycles. The van der Waals surface area contributed by atoms with Gasteiger partial charge in [0.15, 0.2) is 6.29 Å². The molecule has 2 rings (SSSR count). The van der Waals surface area contributed by atoms with Crippen LogP contribution in [0.2, 0.25) is 0 Å². The average Bonchev–Trinajstić information content (AvgIpc) is 2.79. The second-order valence-corrected chi connectivity index (χ2v) is 5.77. The van der Waals surface area contributed by atoms with Crippen molar-refractivity contribution >= 4 is 10.1 Å². The molecule has 0 radical (unpaired) electrons. The highest BCUT2D eigenvalue weighted by atomic mass is 32.2. The first-order valence-electron chi connectivity index (χ1n) is 5.13. The Kier molecular flexibility index (Phi) is 3.49. The van der Waals surface area contributed by atoms with Crippen molar-refractivity contribution in [1.29, 1.82) is 0 Å². The Bertz CT molecular complexity index is 475. The first-order chi connectivity index (χ1) is 8.43. The lowest BCUT2D eigenvalue weighted by molar-refractivity contribution is -0.202. The molecule has 18 heavy (non-hydrogen) atoms. The molecule has 9 nitrogen and oxygen atoms in total. The van der Waals surface area contributed by atoms with Crippen LogP contribution in [-0.2, 0) is 28.5 Å². The Balaban J connectivity index is 2.26. The molecule has 0 unspecified atom stereocenters. The van der Waals surface area contributed by atoms with Gasteiger partial charge in [-0.2, -0.15) is 8.42 Å². The Morgan fingerprint density at radius 3 is 2.83 bits per heavy atom. The first-order valence-corrected chi connectivity index (χ1v) is 6.95. The molecule has 0 aromatic heterocycles. The minimum atomic E-state index is -3.65. The maximum atomic E-state index is 11.0. The zero-order valence-electron chi connectivity index (χ0n) is 9.85. The fraction of sp³-hybridized carbons (Fsp3) is 1.00. The Morgan fingerprint density at radius 2 is 2.33 bits per heavy atom. The van der Waals surface area contributed by atoms with E-state index < -0.39 is 34.2 Å². The number of fused-ring (bicyclic) bond motifs is 2. The lowest BCUT2D eigenvalue weighted by atomic mass is 9.93. The van der Waals surface area contributed by atoms with Gasteiger partial charge in [0.25, 0.3) is 10.1 Å². The quantitative estimate of drug-likeness (QED) is 0.297. The summed E-state index contributed by atoms with van der Waals surface area (Å²) in [7, 11) is -2.22. The molecule has 0 aromatic rings. The largest absolute Gasteiger partial charge is 0.369 e. The molecule has 10 heteroatoms. The van der Waals surface area contributed by atoms with Crippen LogP contribution in [0.4, 0.5) is 0 Å². The summed E-state index contributed by atoms with van der Waals surface area (Å²) in [4.78, 5) is 2.73. The van der Waals surface area contributed by atoms with Crippen LogP contribution in [0.5, 0.6) is 0 Å². The van der Waals surface area contributed by atoms with E-state index in [-0.39, 0.29) is 13.2 Å². The lowest BCUT2D eigenvalue weighted by Gasteiger charge is -2.24. The maximum absolute atomic E-state index is 11.0. The SMILES string of the molecule is CO[C@H]1O[C@H]2CO[C@@H]1[C@]2(COS(C)(=O)=O)N=[N+]=[N-]. The van der Waals surface area contributed by atoms with Crippen molar-refractivity contribution in [3.05, 3.63) is 10.4 Å². The van der Waals surface area contributed by atoms with E-state index in [9.17, 15) is 8.42 Å². The van der Waals surface area contributed by atoms with E-state index >= 15 is 0 Å². The topological polar surface area (TPSA) is 120 Å². The molecule has 0 N–H and O–H groups in total. The van der Waals surface area contributed by atoms with Gasteiger partial charge in [0.05, 0.1) is 19.5 Å². The predicted molar refractivity (Wildman–Crippen MR) is 58.1 cm³/mol. The summed E-state index contributed by atoms with van der Waals surface area (Å²) in [5, 5.41) is 3.64. The maximum Gasteiger partial charge on any atom is 0.264 e. The van der Waals surface area contributed by atoms with E-state index in [0.717, 1.165) is 6.26 Å². The summed E-state index contributed by atoms with van der Waals surface area (Å²) < 4.78 is 42.7. The monoisotopic (exact) mass is 279 g/mol. The van der Waals surface area contributed by atoms with Crippen LogP contribution < -0.4 is 0 Å². The fourth-order valence-corrected chi connectivity index (χ4v) is 2.56. The summed E-state index contributed by atoms with van der Waals surface area (Å²) >= 11 is 0. The van der Waals surface area contributed by atoms with E-state index in [1.165, 1.54) is 7.11 Å². The lowest BCUT2D eigenvalue weighted by Crippen LogP contribution is -2.46. The zero-order valence-corrected chi connectivity index (χ0v) is 10.7. The number of methoxy groups -OCH3 is 1. The second kappa shape index (κ2) is 4.65. The third kappa shape index (κ3) is 2.18. The molecular formula is C8H13N3O6S. The molecule has 102 valence electrons. The molecule has 0 aromatic carbocycles. The van der Waals surface area contributed by atoms with Gasteiger partial charge < -0.3 is 14.2 Å². The number of azide groups is 1. The van der Waals surface area contributed by atoms with Gasteiger partial charge in [0.1, 0.15) is 17.7 Å². The number of hydrogen-bond donors (Lipinski definition) is 0. The van der Waals surface area contributed by atoms with Gasteiger partial charge >= 0.3 is 0 Å². The summed E-state index contributed by atoms with van der Waals surface area (Å²) in [5.74, 6) is 0. The van der Waals surface area contributed by atoms with E-state index in [4.69, 9.17) is 23.9 Å². The van der Waals surface area contributed by atoms with Crippen LogP contribution in [0, 0.1) is 0 Å². The van der Waals surface area contributed by atoms with Gasteiger partial charge in [0, 0.05) is 12.0 Å². The highest BCUT2D eigenvalue weighted by molar-refractivity contribution is 7.85. The van der Waals surface area contributed by atoms with Gasteiger partial charge in [-0.3, -0.25) is 4.18 Å². The Morgan fingerprint density at radius 1 is 1.61 bits per heavy atom. The van der Waals surface area contributed by atoms with Crippen molar-refractivity contribution in [2.45, 2.75) is 24.0 Å². The van der Waals surface area contributed by atoms with Crippen LogP contribution in [0.1, 0.15) is 0 Å². The molecule has 0 saturated carbocycles. The fourth-order valence-electron chi connectivity index (χ4n) is 2.16. The number of rotatable bonds is 5. The smallest absolute Gasteiger partial charge is 0.264 e. The van der Waals surface area contributed by atoms with Crippen molar-refractivity contribution in [2.24, 2.45) is 5.11 Å². The van der Waals surface area contributed by atoms with Gasteiger partial charge in [-0.1, -0.05) is 5.11 Å². The van der Waals surface area contributed by atoms with Crippen molar-refractivity contribution in [3.8, 4) is 0 Å². The summed E-state index contributed by atoms with van der Waals surface area (Å²) in [6, 6.07) is 0. The van der Waals surface area contributed by atoms with Gasteiger partial charge in [-0.25, -0.2) is 0 Å². The Hall–Kier alpha value is -0.900.